The number of thiazole rings is 1. The van der Waals surface area contributed by atoms with E-state index in [2.05, 4.69) is 16.6 Å². The van der Waals surface area contributed by atoms with E-state index in [9.17, 15) is 9.59 Å². The summed E-state index contributed by atoms with van der Waals surface area (Å²) in [5.41, 5.74) is 0. The van der Waals surface area contributed by atoms with Crippen LogP contribution in [0.15, 0.2) is 6.20 Å². The summed E-state index contributed by atoms with van der Waals surface area (Å²) in [7, 11) is 1.34. The summed E-state index contributed by atoms with van der Waals surface area (Å²) in [6.45, 7) is 2.09. The molecule has 1 heterocycles. The minimum absolute atomic E-state index is 0.145. The van der Waals surface area contributed by atoms with E-state index in [0.717, 1.165) is 19.3 Å². The summed E-state index contributed by atoms with van der Waals surface area (Å²) in [6, 6.07) is 0.275. The molecule has 2 atom stereocenters. The van der Waals surface area contributed by atoms with E-state index >= 15 is 0 Å². The largest absolute Gasteiger partial charge is 0.465 e. The molecule has 0 spiro atoms. The van der Waals surface area contributed by atoms with E-state index < -0.39 is 5.97 Å². The summed E-state index contributed by atoms with van der Waals surface area (Å²) in [6.07, 6.45) is 4.52. The summed E-state index contributed by atoms with van der Waals surface area (Å²) < 4.78 is 4.67. The molecule has 1 aromatic rings. The van der Waals surface area contributed by atoms with Crippen LogP contribution in [0.1, 0.15) is 35.9 Å². The molecular formula is C13H16N2O3S. The SMILES string of the molecule is COC(=O)c1cnc(N(C(=O)[C@@H]2C[C@H]2C)C2CC2)s1. The summed E-state index contributed by atoms with van der Waals surface area (Å²) in [4.78, 5) is 30.3. The molecule has 0 bridgehead atoms. The molecule has 1 amide bonds. The fourth-order valence-corrected chi connectivity index (χ4v) is 3.09. The predicted molar refractivity (Wildman–Crippen MR) is 71.2 cm³/mol. The van der Waals surface area contributed by atoms with Crippen molar-refractivity contribution in [2.45, 2.75) is 32.2 Å². The van der Waals surface area contributed by atoms with E-state index in [-0.39, 0.29) is 17.9 Å². The molecule has 0 N–H and O–H groups in total. The summed E-state index contributed by atoms with van der Waals surface area (Å²) in [5.74, 6) is 0.396. The lowest BCUT2D eigenvalue weighted by Crippen LogP contribution is -2.34. The Hall–Kier alpha value is -1.43. The van der Waals surface area contributed by atoms with Crippen LogP contribution < -0.4 is 4.90 Å². The number of amides is 1. The Morgan fingerprint density at radius 2 is 2.16 bits per heavy atom. The number of carbonyl (C=O) groups is 2. The molecule has 0 aromatic carbocycles. The van der Waals surface area contributed by atoms with Gasteiger partial charge in [-0.15, -0.1) is 0 Å². The van der Waals surface area contributed by atoms with Crippen LogP contribution in [0.5, 0.6) is 0 Å². The Balaban J connectivity index is 1.82. The first-order valence-corrected chi connectivity index (χ1v) is 7.30. The number of anilines is 1. The van der Waals surface area contributed by atoms with Gasteiger partial charge in [-0.2, -0.15) is 0 Å². The Labute approximate surface area is 115 Å². The van der Waals surface area contributed by atoms with Crippen molar-refractivity contribution in [3.05, 3.63) is 11.1 Å². The molecule has 0 unspecified atom stereocenters. The van der Waals surface area contributed by atoms with E-state index in [1.165, 1.54) is 24.6 Å². The molecule has 0 aliphatic heterocycles. The van der Waals surface area contributed by atoms with Crippen molar-refractivity contribution < 1.29 is 14.3 Å². The zero-order valence-corrected chi connectivity index (χ0v) is 11.8. The van der Waals surface area contributed by atoms with Gasteiger partial charge in [0, 0.05) is 12.0 Å². The smallest absolute Gasteiger partial charge is 0.349 e. The topological polar surface area (TPSA) is 59.5 Å². The van der Waals surface area contributed by atoms with Crippen LogP contribution in [0.3, 0.4) is 0 Å². The normalized spacial score (nSPS) is 24.9. The van der Waals surface area contributed by atoms with Crippen LogP contribution in [0.2, 0.25) is 0 Å². The molecule has 6 heteroatoms. The number of esters is 1. The fourth-order valence-electron chi connectivity index (χ4n) is 2.18. The second-order valence-corrected chi connectivity index (χ2v) is 6.27. The Morgan fingerprint density at radius 3 is 2.68 bits per heavy atom. The third-order valence-electron chi connectivity index (χ3n) is 3.66. The molecule has 5 nitrogen and oxygen atoms in total. The third kappa shape index (κ3) is 2.36. The van der Waals surface area contributed by atoms with Gasteiger partial charge in [-0.05, 0) is 25.2 Å². The van der Waals surface area contributed by atoms with E-state index in [1.807, 2.05) is 0 Å². The van der Waals surface area contributed by atoms with Crippen molar-refractivity contribution in [3.63, 3.8) is 0 Å². The van der Waals surface area contributed by atoms with Crippen LogP contribution in [-0.4, -0.2) is 30.0 Å². The average molecular weight is 280 g/mol. The number of ether oxygens (including phenoxy) is 1. The highest BCUT2D eigenvalue weighted by atomic mass is 32.1. The van der Waals surface area contributed by atoms with Gasteiger partial charge >= 0.3 is 5.97 Å². The molecule has 2 aliphatic rings. The van der Waals surface area contributed by atoms with Crippen molar-refractivity contribution in [1.29, 1.82) is 0 Å². The first kappa shape index (κ1) is 12.6. The molecule has 19 heavy (non-hydrogen) atoms. The minimum Gasteiger partial charge on any atom is -0.465 e. The first-order valence-electron chi connectivity index (χ1n) is 6.49. The van der Waals surface area contributed by atoms with E-state index in [1.54, 1.807) is 4.90 Å². The molecule has 102 valence electrons. The van der Waals surface area contributed by atoms with Gasteiger partial charge in [-0.25, -0.2) is 9.78 Å². The maximum atomic E-state index is 12.4. The third-order valence-corrected chi connectivity index (χ3v) is 4.64. The highest BCUT2D eigenvalue weighted by molar-refractivity contribution is 7.17. The van der Waals surface area contributed by atoms with Crippen LogP contribution >= 0.6 is 11.3 Å². The number of nitrogens with zero attached hydrogens (tertiary/aromatic N) is 2. The van der Waals surface area contributed by atoms with Crippen LogP contribution in [0.25, 0.3) is 0 Å². The van der Waals surface area contributed by atoms with Gasteiger partial charge in [-0.1, -0.05) is 18.3 Å². The zero-order valence-electron chi connectivity index (χ0n) is 11.0. The summed E-state index contributed by atoms with van der Waals surface area (Å²) >= 11 is 1.24. The second-order valence-electron chi connectivity index (χ2n) is 5.26. The lowest BCUT2D eigenvalue weighted by Gasteiger charge is -2.19. The molecular weight excluding hydrogens is 264 g/mol. The van der Waals surface area contributed by atoms with Crippen LogP contribution in [0, 0.1) is 11.8 Å². The quantitative estimate of drug-likeness (QED) is 0.792. The lowest BCUT2D eigenvalue weighted by atomic mass is 10.3. The standard InChI is InChI=1S/C13H16N2O3S/c1-7-5-9(7)11(16)15(8-3-4-8)13-14-6-10(19-13)12(17)18-2/h6-9H,3-5H2,1-2H3/t7-,9-/m1/s1. The molecule has 2 saturated carbocycles. The predicted octanol–water partition coefficient (Wildman–Crippen LogP) is 2.08. The van der Waals surface area contributed by atoms with Gasteiger partial charge in [0.1, 0.15) is 4.88 Å². The Bertz CT molecular complexity index is 524. The molecule has 1 aromatic heterocycles. The molecule has 0 radical (unpaired) electrons. The van der Waals surface area contributed by atoms with Crippen molar-refractivity contribution in [1.82, 2.24) is 4.98 Å². The Kier molecular flexibility index (Phi) is 3.05. The fraction of sp³-hybridized carbons (Fsp3) is 0.615. The van der Waals surface area contributed by atoms with Crippen LogP contribution in [-0.2, 0) is 9.53 Å². The number of hydrogen-bond acceptors (Lipinski definition) is 5. The maximum Gasteiger partial charge on any atom is 0.349 e. The molecule has 0 saturated heterocycles. The first-order chi connectivity index (χ1) is 9.11. The van der Waals surface area contributed by atoms with Crippen molar-refractivity contribution in [2.24, 2.45) is 11.8 Å². The van der Waals surface area contributed by atoms with Crippen LogP contribution in [0.4, 0.5) is 5.13 Å². The number of carbonyl (C=O) groups excluding carboxylic acids is 2. The van der Waals surface area contributed by atoms with Gasteiger partial charge in [0.2, 0.25) is 5.91 Å². The van der Waals surface area contributed by atoms with E-state index in [0.29, 0.717) is 15.9 Å². The number of rotatable bonds is 4. The van der Waals surface area contributed by atoms with Gasteiger partial charge in [0.15, 0.2) is 5.13 Å². The van der Waals surface area contributed by atoms with Gasteiger partial charge in [-0.3, -0.25) is 9.69 Å². The van der Waals surface area contributed by atoms with E-state index in [4.69, 9.17) is 0 Å². The molecule has 3 rings (SSSR count). The maximum absolute atomic E-state index is 12.4. The van der Waals surface area contributed by atoms with Crippen molar-refractivity contribution >= 4 is 28.3 Å². The van der Waals surface area contributed by atoms with Crippen molar-refractivity contribution in [3.8, 4) is 0 Å². The Morgan fingerprint density at radius 1 is 1.47 bits per heavy atom. The number of methoxy groups -OCH3 is 1. The number of hydrogen-bond donors (Lipinski definition) is 0. The zero-order chi connectivity index (χ0) is 13.6. The van der Waals surface area contributed by atoms with Gasteiger partial charge in [0.05, 0.1) is 13.3 Å². The summed E-state index contributed by atoms with van der Waals surface area (Å²) in [5, 5.41) is 0.631. The molecule has 2 aliphatic carbocycles. The lowest BCUT2D eigenvalue weighted by molar-refractivity contribution is -0.120. The minimum atomic E-state index is -0.397. The van der Waals surface area contributed by atoms with Crippen molar-refractivity contribution in [2.75, 3.05) is 12.0 Å². The van der Waals surface area contributed by atoms with Gasteiger partial charge < -0.3 is 4.74 Å². The number of aromatic nitrogens is 1. The van der Waals surface area contributed by atoms with Gasteiger partial charge in [0.25, 0.3) is 0 Å². The average Bonchev–Trinajstić information content (AvgIpc) is 3.30. The highest BCUT2D eigenvalue weighted by Gasteiger charge is 2.46. The highest BCUT2D eigenvalue weighted by Crippen LogP contribution is 2.43. The molecule has 2 fully saturated rings. The monoisotopic (exact) mass is 280 g/mol. The second kappa shape index (κ2) is 4.59.